The molecule has 0 atom stereocenters. The molecule has 3 heteroatoms. The van der Waals surface area contributed by atoms with E-state index >= 15 is 0 Å². The summed E-state index contributed by atoms with van der Waals surface area (Å²) in [6, 6.07) is 15.0. The molecule has 2 aromatic carbocycles. The van der Waals surface area contributed by atoms with Crippen LogP contribution in [0.2, 0.25) is 0 Å². The number of para-hydroxylation sites is 1. The lowest BCUT2D eigenvalue weighted by molar-refractivity contribution is 0.440. The maximum atomic E-state index is 4.29. The third kappa shape index (κ3) is 1.97. The van der Waals surface area contributed by atoms with Crippen LogP contribution in [0.5, 0.6) is 0 Å². The fourth-order valence-electron chi connectivity index (χ4n) is 2.45. The van der Waals surface area contributed by atoms with Crippen LogP contribution in [0.4, 0.5) is 0 Å². The van der Waals surface area contributed by atoms with E-state index in [1.807, 2.05) is 20.3 Å². The molecule has 96 valence electrons. The summed E-state index contributed by atoms with van der Waals surface area (Å²) in [6.45, 7) is 0. The Morgan fingerprint density at radius 3 is 2.53 bits per heavy atom. The molecule has 3 nitrogen and oxygen atoms in total. The summed E-state index contributed by atoms with van der Waals surface area (Å²) >= 11 is 0. The van der Waals surface area contributed by atoms with Gasteiger partial charge in [-0.1, -0.05) is 24.3 Å². The van der Waals surface area contributed by atoms with Gasteiger partial charge in [-0.15, -0.1) is 0 Å². The minimum Gasteiger partial charge on any atom is -0.344 e. The van der Waals surface area contributed by atoms with Crippen LogP contribution in [0.1, 0.15) is 5.56 Å². The summed E-state index contributed by atoms with van der Waals surface area (Å²) in [5.41, 5.74) is 3.64. The highest BCUT2D eigenvalue weighted by atomic mass is 15.4. The average molecular weight is 251 g/mol. The number of nitrogens with zero attached hydrogens (tertiary/aromatic N) is 3. The van der Waals surface area contributed by atoms with Crippen molar-refractivity contribution < 1.29 is 0 Å². The van der Waals surface area contributed by atoms with Gasteiger partial charge in [0, 0.05) is 42.9 Å². The fraction of sp³-hybridized carbons (Fsp3) is 0.188. The van der Waals surface area contributed by atoms with Crippen LogP contribution in [0, 0.1) is 0 Å². The average Bonchev–Trinajstić information content (AvgIpc) is 2.71. The number of hydrogen-bond acceptors (Lipinski definition) is 2. The van der Waals surface area contributed by atoms with Crippen LogP contribution < -0.4 is 0 Å². The van der Waals surface area contributed by atoms with Gasteiger partial charge in [0.2, 0.25) is 0 Å². The number of hydrazone groups is 1. The third-order valence-corrected chi connectivity index (χ3v) is 3.38. The zero-order chi connectivity index (χ0) is 13.4. The Balaban J connectivity index is 2.25. The van der Waals surface area contributed by atoms with E-state index in [1.165, 1.54) is 21.8 Å². The van der Waals surface area contributed by atoms with Crippen molar-refractivity contribution in [2.24, 2.45) is 12.1 Å². The van der Waals surface area contributed by atoms with Crippen molar-refractivity contribution >= 4 is 28.0 Å². The van der Waals surface area contributed by atoms with E-state index in [-0.39, 0.29) is 0 Å². The Hall–Kier alpha value is -2.29. The highest BCUT2D eigenvalue weighted by molar-refractivity contribution is 6.09. The van der Waals surface area contributed by atoms with Crippen LogP contribution in [0.3, 0.4) is 0 Å². The molecule has 0 spiro atoms. The molecule has 0 bridgehead atoms. The van der Waals surface area contributed by atoms with E-state index < -0.39 is 0 Å². The largest absolute Gasteiger partial charge is 0.344 e. The van der Waals surface area contributed by atoms with Crippen molar-refractivity contribution in [3.05, 3.63) is 48.0 Å². The Labute approximate surface area is 112 Å². The molecular formula is C16H17N3. The number of aryl methyl sites for hydroxylation is 1. The molecule has 1 heterocycles. The number of benzene rings is 2. The van der Waals surface area contributed by atoms with Gasteiger partial charge in [0.1, 0.15) is 0 Å². The zero-order valence-electron chi connectivity index (χ0n) is 11.5. The van der Waals surface area contributed by atoms with Crippen molar-refractivity contribution in [3.8, 4) is 0 Å². The standard InChI is InChI=1S/C16H17N3/c1-18(2)17-11-12-8-9-16-14(10-12)13-6-4-5-7-15(13)19(16)3/h4-11H,1-3H3. The maximum absolute atomic E-state index is 4.29. The molecule has 3 rings (SSSR count). The van der Waals surface area contributed by atoms with Gasteiger partial charge >= 0.3 is 0 Å². The summed E-state index contributed by atoms with van der Waals surface area (Å²) in [7, 11) is 5.96. The smallest absolute Gasteiger partial charge is 0.0542 e. The number of aromatic nitrogens is 1. The molecule has 0 radical (unpaired) electrons. The maximum Gasteiger partial charge on any atom is 0.0542 e. The summed E-state index contributed by atoms with van der Waals surface area (Å²) in [4.78, 5) is 0. The molecule has 0 fully saturated rings. The molecule has 0 amide bonds. The van der Waals surface area contributed by atoms with Gasteiger partial charge in [0.25, 0.3) is 0 Å². The molecule has 0 aliphatic rings. The molecule has 0 aliphatic carbocycles. The van der Waals surface area contributed by atoms with E-state index in [1.54, 1.807) is 5.01 Å². The summed E-state index contributed by atoms with van der Waals surface area (Å²) in [6.07, 6.45) is 1.89. The summed E-state index contributed by atoms with van der Waals surface area (Å²) in [5.74, 6) is 0. The van der Waals surface area contributed by atoms with Gasteiger partial charge in [-0.2, -0.15) is 5.10 Å². The van der Waals surface area contributed by atoms with E-state index in [4.69, 9.17) is 0 Å². The van der Waals surface area contributed by atoms with Crippen LogP contribution in [-0.4, -0.2) is 29.9 Å². The van der Waals surface area contributed by atoms with E-state index in [9.17, 15) is 0 Å². The van der Waals surface area contributed by atoms with E-state index in [0.717, 1.165) is 5.56 Å². The Morgan fingerprint density at radius 1 is 1.00 bits per heavy atom. The van der Waals surface area contributed by atoms with Crippen molar-refractivity contribution in [2.75, 3.05) is 14.1 Å². The molecule has 0 saturated carbocycles. The number of hydrogen-bond donors (Lipinski definition) is 0. The normalized spacial score (nSPS) is 11.7. The summed E-state index contributed by atoms with van der Waals surface area (Å²) in [5, 5.41) is 8.66. The molecule has 0 unspecified atom stereocenters. The van der Waals surface area contributed by atoms with Crippen LogP contribution in [0.25, 0.3) is 21.8 Å². The first kappa shape index (κ1) is 11.8. The highest BCUT2D eigenvalue weighted by Crippen LogP contribution is 2.28. The quantitative estimate of drug-likeness (QED) is 0.506. The molecule has 0 saturated heterocycles. The lowest BCUT2D eigenvalue weighted by atomic mass is 10.1. The SMILES string of the molecule is CN(C)N=Cc1ccc2c(c1)c1ccccc1n2C. The predicted octanol–water partition coefficient (Wildman–Crippen LogP) is 3.23. The van der Waals surface area contributed by atoms with Crippen LogP contribution >= 0.6 is 0 Å². The highest BCUT2D eigenvalue weighted by Gasteiger charge is 2.07. The molecule has 0 aliphatic heterocycles. The zero-order valence-corrected chi connectivity index (χ0v) is 11.5. The van der Waals surface area contributed by atoms with Crippen molar-refractivity contribution in [1.29, 1.82) is 0 Å². The second kappa shape index (κ2) is 4.43. The van der Waals surface area contributed by atoms with Gasteiger partial charge in [-0.3, -0.25) is 0 Å². The molecule has 0 N–H and O–H groups in total. The molecule has 3 aromatic rings. The lowest BCUT2D eigenvalue weighted by Gasteiger charge is -2.02. The number of rotatable bonds is 2. The van der Waals surface area contributed by atoms with E-state index in [0.29, 0.717) is 0 Å². The van der Waals surface area contributed by atoms with Crippen molar-refractivity contribution in [2.45, 2.75) is 0 Å². The second-order valence-corrected chi connectivity index (χ2v) is 4.94. The Kier molecular flexibility index (Phi) is 2.75. The Morgan fingerprint density at radius 2 is 1.74 bits per heavy atom. The van der Waals surface area contributed by atoms with Gasteiger partial charge < -0.3 is 9.58 Å². The van der Waals surface area contributed by atoms with E-state index in [2.05, 4.69) is 59.2 Å². The van der Waals surface area contributed by atoms with Gasteiger partial charge in [-0.05, 0) is 23.8 Å². The van der Waals surface area contributed by atoms with Crippen molar-refractivity contribution in [3.63, 3.8) is 0 Å². The Bertz CT molecular complexity index is 766. The monoisotopic (exact) mass is 251 g/mol. The lowest BCUT2D eigenvalue weighted by Crippen LogP contribution is -2.01. The second-order valence-electron chi connectivity index (χ2n) is 4.94. The molecule has 1 aromatic heterocycles. The first-order valence-corrected chi connectivity index (χ1v) is 6.35. The first-order chi connectivity index (χ1) is 9.16. The number of fused-ring (bicyclic) bond motifs is 3. The minimum atomic E-state index is 1.12. The van der Waals surface area contributed by atoms with Gasteiger partial charge in [0.05, 0.1) is 6.21 Å². The predicted molar refractivity (Wildman–Crippen MR) is 81.7 cm³/mol. The van der Waals surface area contributed by atoms with Gasteiger partial charge in [-0.25, -0.2) is 0 Å². The van der Waals surface area contributed by atoms with Crippen molar-refractivity contribution in [1.82, 2.24) is 9.58 Å². The summed E-state index contributed by atoms with van der Waals surface area (Å²) < 4.78 is 2.23. The first-order valence-electron chi connectivity index (χ1n) is 6.35. The van der Waals surface area contributed by atoms with Crippen LogP contribution in [-0.2, 0) is 7.05 Å². The minimum absolute atomic E-state index is 1.12. The molecular weight excluding hydrogens is 234 g/mol. The van der Waals surface area contributed by atoms with Crippen LogP contribution in [0.15, 0.2) is 47.6 Å². The third-order valence-electron chi connectivity index (χ3n) is 3.38. The molecule has 19 heavy (non-hydrogen) atoms. The fourth-order valence-corrected chi connectivity index (χ4v) is 2.45. The van der Waals surface area contributed by atoms with Gasteiger partial charge in [0.15, 0.2) is 0 Å². The topological polar surface area (TPSA) is 20.5 Å².